The lowest BCUT2D eigenvalue weighted by atomic mass is 10.3. The van der Waals surface area contributed by atoms with Gasteiger partial charge in [-0.15, -0.1) is 5.10 Å². The Morgan fingerprint density at radius 2 is 2.39 bits per heavy atom. The number of carbonyl (C=O) groups is 1. The number of aromatic nitrogens is 4. The fraction of sp³-hybridized carbons (Fsp3) is 0.273. The molecule has 0 fully saturated rings. The summed E-state index contributed by atoms with van der Waals surface area (Å²) in [5.74, 6) is 0.320. The maximum atomic E-state index is 11.7. The van der Waals surface area contributed by atoms with Crippen LogP contribution in [-0.4, -0.2) is 25.9 Å². The molecule has 0 spiro atoms. The number of nitrogens with zero attached hydrogens (tertiary/aromatic N) is 4. The minimum Gasteiger partial charge on any atom is -0.325 e. The first kappa shape index (κ1) is 12.2. The molecule has 2 heterocycles. The third kappa shape index (κ3) is 3.11. The van der Waals surface area contributed by atoms with Gasteiger partial charge in [-0.25, -0.2) is 9.67 Å². The van der Waals surface area contributed by atoms with Crippen LogP contribution in [0.4, 0.5) is 5.82 Å². The van der Waals surface area contributed by atoms with Gasteiger partial charge in [0.2, 0.25) is 5.91 Å². The van der Waals surface area contributed by atoms with Crippen LogP contribution in [0.15, 0.2) is 24.5 Å². The van der Waals surface area contributed by atoms with E-state index in [0.717, 1.165) is 5.56 Å². The van der Waals surface area contributed by atoms with Crippen LogP contribution in [0.3, 0.4) is 0 Å². The molecule has 94 valence electrons. The Labute approximate surface area is 104 Å². The topological polar surface area (TPSA) is 98.7 Å². The Bertz CT molecular complexity index is 550. The summed E-state index contributed by atoms with van der Waals surface area (Å²) in [6.07, 6.45) is 3.29. The number of pyridine rings is 1. The molecule has 0 bridgehead atoms. The maximum absolute atomic E-state index is 11.7. The molecule has 2 aromatic heterocycles. The van der Waals surface area contributed by atoms with Gasteiger partial charge in [0, 0.05) is 12.7 Å². The average molecular weight is 246 g/mol. The molecule has 0 saturated heterocycles. The van der Waals surface area contributed by atoms with Crippen LogP contribution in [0.5, 0.6) is 0 Å². The van der Waals surface area contributed by atoms with Gasteiger partial charge in [-0.3, -0.25) is 4.79 Å². The lowest BCUT2D eigenvalue weighted by Crippen LogP contribution is -2.19. The first-order valence-electron chi connectivity index (χ1n) is 5.49. The lowest BCUT2D eigenvalue weighted by Gasteiger charge is -2.04. The first-order valence-corrected chi connectivity index (χ1v) is 5.49. The van der Waals surface area contributed by atoms with Crippen molar-refractivity contribution in [1.82, 2.24) is 20.0 Å². The number of anilines is 1. The minimum absolute atomic E-state index is 0.0859. The van der Waals surface area contributed by atoms with E-state index in [9.17, 15) is 4.79 Å². The van der Waals surface area contributed by atoms with Crippen LogP contribution in [0.2, 0.25) is 0 Å². The predicted molar refractivity (Wildman–Crippen MR) is 65.5 cm³/mol. The molecule has 7 nitrogen and oxygen atoms in total. The summed E-state index contributed by atoms with van der Waals surface area (Å²) in [7, 11) is 0. The molecular weight excluding hydrogens is 232 g/mol. The van der Waals surface area contributed by atoms with Crippen LogP contribution in [0.25, 0.3) is 0 Å². The van der Waals surface area contributed by atoms with Crippen LogP contribution in [0.1, 0.15) is 11.3 Å². The number of aryl methyl sites for hydroxylation is 1. The van der Waals surface area contributed by atoms with Crippen molar-refractivity contribution in [2.45, 2.75) is 20.0 Å². The zero-order valence-corrected chi connectivity index (χ0v) is 10.00. The van der Waals surface area contributed by atoms with Gasteiger partial charge in [0.15, 0.2) is 0 Å². The van der Waals surface area contributed by atoms with Gasteiger partial charge >= 0.3 is 0 Å². The van der Waals surface area contributed by atoms with Crippen molar-refractivity contribution < 1.29 is 4.79 Å². The van der Waals surface area contributed by atoms with Crippen LogP contribution < -0.4 is 11.1 Å². The zero-order chi connectivity index (χ0) is 13.0. The van der Waals surface area contributed by atoms with Gasteiger partial charge in [0.1, 0.15) is 12.4 Å². The van der Waals surface area contributed by atoms with Gasteiger partial charge in [-0.1, -0.05) is 5.21 Å². The fourth-order valence-corrected chi connectivity index (χ4v) is 1.44. The quantitative estimate of drug-likeness (QED) is 0.796. The van der Waals surface area contributed by atoms with E-state index >= 15 is 0 Å². The molecule has 0 aliphatic heterocycles. The van der Waals surface area contributed by atoms with E-state index in [1.807, 2.05) is 13.0 Å². The summed E-state index contributed by atoms with van der Waals surface area (Å²) in [5, 5.41) is 10.3. The van der Waals surface area contributed by atoms with E-state index in [2.05, 4.69) is 20.6 Å². The predicted octanol–water partition coefficient (Wildman–Crippen LogP) is 0.0789. The SMILES string of the molecule is Cc1ccnc(NC(=O)Cn2cc(CN)nn2)c1. The molecule has 2 rings (SSSR count). The number of carbonyl (C=O) groups excluding carboxylic acids is 1. The smallest absolute Gasteiger partial charge is 0.247 e. The molecule has 2 aromatic rings. The lowest BCUT2D eigenvalue weighted by molar-refractivity contribution is -0.116. The van der Waals surface area contributed by atoms with Crippen LogP contribution in [0, 0.1) is 6.92 Å². The first-order chi connectivity index (χ1) is 8.67. The minimum atomic E-state index is -0.207. The van der Waals surface area contributed by atoms with E-state index in [4.69, 9.17) is 5.73 Å². The molecule has 18 heavy (non-hydrogen) atoms. The highest BCUT2D eigenvalue weighted by Gasteiger charge is 2.06. The van der Waals surface area contributed by atoms with Crippen molar-refractivity contribution in [1.29, 1.82) is 0 Å². The average Bonchev–Trinajstić information content (AvgIpc) is 2.76. The van der Waals surface area contributed by atoms with Gasteiger partial charge in [0.05, 0.1) is 11.9 Å². The Balaban J connectivity index is 1.96. The van der Waals surface area contributed by atoms with Crippen LogP contribution in [-0.2, 0) is 17.9 Å². The van der Waals surface area contributed by atoms with E-state index < -0.39 is 0 Å². The Kier molecular flexibility index (Phi) is 3.63. The molecule has 0 aliphatic rings. The molecule has 1 amide bonds. The Hall–Kier alpha value is -2.28. The highest BCUT2D eigenvalue weighted by atomic mass is 16.2. The van der Waals surface area contributed by atoms with Crippen molar-refractivity contribution >= 4 is 11.7 Å². The molecule has 7 heteroatoms. The van der Waals surface area contributed by atoms with Gasteiger partial charge in [0.25, 0.3) is 0 Å². The third-order valence-corrected chi connectivity index (χ3v) is 2.28. The zero-order valence-electron chi connectivity index (χ0n) is 10.00. The third-order valence-electron chi connectivity index (χ3n) is 2.28. The molecule has 0 radical (unpaired) electrons. The molecule has 0 unspecified atom stereocenters. The van der Waals surface area contributed by atoms with Crippen LogP contribution >= 0.6 is 0 Å². The van der Waals surface area contributed by atoms with E-state index in [0.29, 0.717) is 18.1 Å². The molecule has 0 aliphatic carbocycles. The molecule has 0 saturated carbocycles. The Morgan fingerprint density at radius 3 is 3.06 bits per heavy atom. The molecule has 3 N–H and O–H groups in total. The highest BCUT2D eigenvalue weighted by Crippen LogP contribution is 2.05. The number of nitrogens with two attached hydrogens (primary N) is 1. The van der Waals surface area contributed by atoms with Crippen molar-refractivity contribution in [2.75, 3.05) is 5.32 Å². The number of nitrogens with one attached hydrogen (secondary N) is 1. The fourth-order valence-electron chi connectivity index (χ4n) is 1.44. The number of amides is 1. The second kappa shape index (κ2) is 5.37. The molecule has 0 atom stereocenters. The summed E-state index contributed by atoms with van der Waals surface area (Å²) in [6.45, 7) is 2.33. The second-order valence-corrected chi connectivity index (χ2v) is 3.88. The van der Waals surface area contributed by atoms with E-state index in [1.54, 1.807) is 18.5 Å². The second-order valence-electron chi connectivity index (χ2n) is 3.88. The van der Waals surface area contributed by atoms with Crippen molar-refractivity contribution in [2.24, 2.45) is 5.73 Å². The summed E-state index contributed by atoms with van der Waals surface area (Å²) >= 11 is 0. The standard InChI is InChI=1S/C11H14N6O/c1-8-2-3-13-10(4-8)14-11(18)7-17-6-9(5-12)15-16-17/h2-4,6H,5,7,12H2,1H3,(H,13,14,18). The van der Waals surface area contributed by atoms with Gasteiger partial charge < -0.3 is 11.1 Å². The number of rotatable bonds is 4. The van der Waals surface area contributed by atoms with Crippen molar-refractivity contribution in [3.8, 4) is 0 Å². The normalized spacial score (nSPS) is 10.3. The molecule has 0 aromatic carbocycles. The van der Waals surface area contributed by atoms with E-state index in [-0.39, 0.29) is 12.5 Å². The number of hydrogen-bond donors (Lipinski definition) is 2. The molecular formula is C11H14N6O. The summed E-state index contributed by atoms with van der Waals surface area (Å²) in [4.78, 5) is 15.8. The largest absolute Gasteiger partial charge is 0.325 e. The summed E-state index contributed by atoms with van der Waals surface area (Å²) in [5.41, 5.74) is 7.09. The summed E-state index contributed by atoms with van der Waals surface area (Å²) in [6, 6.07) is 3.66. The maximum Gasteiger partial charge on any atom is 0.247 e. The van der Waals surface area contributed by atoms with Gasteiger partial charge in [-0.05, 0) is 24.6 Å². The van der Waals surface area contributed by atoms with Crippen molar-refractivity contribution in [3.05, 3.63) is 35.8 Å². The van der Waals surface area contributed by atoms with Crippen molar-refractivity contribution in [3.63, 3.8) is 0 Å². The number of hydrogen-bond acceptors (Lipinski definition) is 5. The van der Waals surface area contributed by atoms with E-state index in [1.165, 1.54) is 4.68 Å². The monoisotopic (exact) mass is 246 g/mol. The Morgan fingerprint density at radius 1 is 1.56 bits per heavy atom. The highest BCUT2D eigenvalue weighted by molar-refractivity contribution is 5.89. The van der Waals surface area contributed by atoms with Gasteiger partial charge in [-0.2, -0.15) is 0 Å². The summed E-state index contributed by atoms with van der Waals surface area (Å²) < 4.78 is 1.44.